The second-order valence-corrected chi connectivity index (χ2v) is 8.64. The van der Waals surface area contributed by atoms with E-state index in [0.29, 0.717) is 29.7 Å². The Kier molecular flexibility index (Phi) is 4.64. The third kappa shape index (κ3) is 3.11. The van der Waals surface area contributed by atoms with Gasteiger partial charge in [0.1, 0.15) is 0 Å². The summed E-state index contributed by atoms with van der Waals surface area (Å²) in [5.74, 6) is -0.102. The van der Waals surface area contributed by atoms with Gasteiger partial charge < -0.3 is 9.64 Å². The van der Waals surface area contributed by atoms with Crippen molar-refractivity contribution >= 4 is 32.8 Å². The number of carbonyl (C=O) groups is 1. The van der Waals surface area contributed by atoms with Gasteiger partial charge in [0.2, 0.25) is 0 Å². The first kappa shape index (κ1) is 19.0. The van der Waals surface area contributed by atoms with Crippen molar-refractivity contribution in [2.75, 3.05) is 13.1 Å². The van der Waals surface area contributed by atoms with Gasteiger partial charge in [0, 0.05) is 24.0 Å². The van der Waals surface area contributed by atoms with Gasteiger partial charge in [-0.15, -0.1) is 11.3 Å². The predicted molar refractivity (Wildman–Crippen MR) is 118 cm³/mol. The normalized spacial score (nSPS) is 19.5. The van der Waals surface area contributed by atoms with Crippen LogP contribution in [0.4, 0.5) is 0 Å². The summed E-state index contributed by atoms with van der Waals surface area (Å²) in [5, 5.41) is 7.28. The molecule has 4 aromatic rings. The van der Waals surface area contributed by atoms with Gasteiger partial charge in [0.05, 0.1) is 34.2 Å². The van der Waals surface area contributed by atoms with E-state index in [1.165, 1.54) is 15.9 Å². The minimum absolute atomic E-state index is 0.0381. The van der Waals surface area contributed by atoms with E-state index in [1.54, 1.807) is 12.3 Å². The van der Waals surface area contributed by atoms with Crippen molar-refractivity contribution in [1.82, 2.24) is 14.5 Å². The molecule has 0 saturated carbocycles. The Bertz CT molecular complexity index is 1300. The lowest BCUT2D eigenvalue weighted by Crippen LogP contribution is -2.48. The first-order valence-corrected chi connectivity index (χ1v) is 10.8. The maximum Gasteiger partial charge on any atom is 0.279 e. The van der Waals surface area contributed by atoms with E-state index in [2.05, 4.69) is 5.10 Å². The van der Waals surface area contributed by atoms with Crippen LogP contribution in [0.2, 0.25) is 0 Å². The summed E-state index contributed by atoms with van der Waals surface area (Å²) in [7, 11) is 0. The molecular weight excluding hydrogens is 398 g/mol. The third-order valence-corrected chi connectivity index (χ3v) is 6.36. The number of hydrogen-bond donors (Lipinski definition) is 0. The lowest BCUT2D eigenvalue weighted by atomic mass is 10.0. The summed E-state index contributed by atoms with van der Waals surface area (Å²) >= 11 is 1.51. The number of amides is 1. The topological polar surface area (TPSA) is 63.9 Å². The number of benzene rings is 1. The molecule has 7 heteroatoms. The molecule has 1 amide bonds. The van der Waals surface area contributed by atoms with Crippen LogP contribution in [0, 0.1) is 0 Å². The molecule has 1 aliphatic heterocycles. The van der Waals surface area contributed by atoms with Crippen LogP contribution < -0.4 is 5.56 Å². The summed E-state index contributed by atoms with van der Waals surface area (Å²) in [6.07, 6.45) is 1.61. The van der Waals surface area contributed by atoms with Crippen molar-refractivity contribution in [3.8, 4) is 11.1 Å². The van der Waals surface area contributed by atoms with Gasteiger partial charge in [0.15, 0.2) is 0 Å². The summed E-state index contributed by atoms with van der Waals surface area (Å²) in [5.41, 5.74) is 2.07. The Morgan fingerprint density at radius 2 is 1.87 bits per heavy atom. The fourth-order valence-corrected chi connectivity index (χ4v) is 5.08. The van der Waals surface area contributed by atoms with Crippen LogP contribution in [0.5, 0.6) is 0 Å². The number of rotatable bonds is 2. The third-order valence-electron chi connectivity index (χ3n) is 5.42. The standard InChI is InChI=1S/C23H21N3O3S/c1-14-12-25(13-15(2)29-14)22(27)19-10-18(16-6-4-3-5-7-16)23(28)26-20(19)21-17(11-24-26)8-9-30-21/h3-11,14-15H,12-13H2,1-2H3/t14-,15+. The molecule has 0 spiro atoms. The van der Waals surface area contributed by atoms with Crippen LogP contribution >= 0.6 is 11.3 Å². The van der Waals surface area contributed by atoms with Gasteiger partial charge in [0.25, 0.3) is 11.5 Å². The molecule has 0 N–H and O–H groups in total. The Hall–Kier alpha value is -3.03. The first-order valence-electron chi connectivity index (χ1n) is 9.95. The summed E-state index contributed by atoms with van der Waals surface area (Å²) in [4.78, 5) is 28.8. The molecule has 1 saturated heterocycles. The van der Waals surface area contributed by atoms with Crippen LogP contribution in [-0.2, 0) is 4.74 Å². The highest BCUT2D eigenvalue weighted by molar-refractivity contribution is 7.18. The molecule has 0 radical (unpaired) electrons. The highest BCUT2D eigenvalue weighted by Crippen LogP contribution is 2.29. The van der Waals surface area contributed by atoms with Crippen LogP contribution in [0.15, 0.2) is 58.8 Å². The number of ether oxygens (including phenoxy) is 1. The average molecular weight is 420 g/mol. The van der Waals surface area contributed by atoms with Gasteiger partial charge in [-0.3, -0.25) is 9.59 Å². The Labute approximate surface area is 177 Å². The van der Waals surface area contributed by atoms with Gasteiger partial charge in [-0.1, -0.05) is 30.3 Å². The van der Waals surface area contributed by atoms with E-state index >= 15 is 0 Å². The van der Waals surface area contributed by atoms with Crippen LogP contribution in [0.1, 0.15) is 24.2 Å². The van der Waals surface area contributed by atoms with Gasteiger partial charge in [-0.2, -0.15) is 9.61 Å². The Morgan fingerprint density at radius 1 is 1.13 bits per heavy atom. The van der Waals surface area contributed by atoms with E-state index in [0.717, 1.165) is 15.6 Å². The minimum atomic E-state index is -0.230. The number of morpholine rings is 1. The molecule has 2 atom stereocenters. The molecule has 4 heterocycles. The fourth-order valence-electron chi connectivity index (χ4n) is 4.17. The fraction of sp³-hybridized carbons (Fsp3) is 0.261. The van der Waals surface area contributed by atoms with E-state index in [9.17, 15) is 9.59 Å². The monoisotopic (exact) mass is 419 g/mol. The lowest BCUT2D eigenvalue weighted by molar-refractivity contribution is -0.0585. The van der Waals surface area contributed by atoms with E-state index in [-0.39, 0.29) is 23.7 Å². The maximum atomic E-state index is 13.7. The van der Waals surface area contributed by atoms with E-state index in [4.69, 9.17) is 4.74 Å². The minimum Gasteiger partial charge on any atom is -0.372 e. The first-order chi connectivity index (χ1) is 14.5. The SMILES string of the molecule is C[C@@H]1CN(C(=O)c2cc(-c3ccccc3)c(=O)n3ncc4ccsc4c23)C[C@H](C)O1. The molecule has 30 heavy (non-hydrogen) atoms. The predicted octanol–water partition coefficient (Wildman–Crippen LogP) is 3.83. The molecule has 0 bridgehead atoms. The van der Waals surface area contributed by atoms with Crippen LogP contribution in [0.3, 0.4) is 0 Å². The van der Waals surface area contributed by atoms with Crippen molar-refractivity contribution in [2.45, 2.75) is 26.1 Å². The van der Waals surface area contributed by atoms with Crippen molar-refractivity contribution in [3.63, 3.8) is 0 Å². The number of hydrogen-bond acceptors (Lipinski definition) is 5. The molecule has 3 aromatic heterocycles. The number of nitrogens with zero attached hydrogens (tertiary/aromatic N) is 3. The average Bonchev–Trinajstić information content (AvgIpc) is 3.22. The zero-order valence-electron chi connectivity index (χ0n) is 16.7. The highest BCUT2D eigenvalue weighted by atomic mass is 32.1. The number of thiophene rings is 1. The second-order valence-electron chi connectivity index (χ2n) is 7.72. The van der Waals surface area contributed by atoms with Gasteiger partial charge in [-0.05, 0) is 36.9 Å². The molecule has 5 rings (SSSR count). The summed E-state index contributed by atoms with van der Waals surface area (Å²) in [6.45, 7) is 4.97. The summed E-state index contributed by atoms with van der Waals surface area (Å²) < 4.78 is 8.07. The zero-order valence-corrected chi connectivity index (χ0v) is 17.6. The van der Waals surface area contributed by atoms with E-state index in [1.807, 2.05) is 60.5 Å². The summed E-state index contributed by atoms with van der Waals surface area (Å²) in [6, 6.07) is 13.1. The number of carbonyl (C=O) groups excluding carboxylic acids is 1. The largest absolute Gasteiger partial charge is 0.372 e. The molecule has 1 fully saturated rings. The number of pyridine rings is 1. The molecular formula is C23H21N3O3S. The molecule has 0 unspecified atom stereocenters. The lowest BCUT2D eigenvalue weighted by Gasteiger charge is -2.35. The van der Waals surface area contributed by atoms with E-state index < -0.39 is 0 Å². The van der Waals surface area contributed by atoms with Crippen molar-refractivity contribution in [1.29, 1.82) is 0 Å². The molecule has 1 aromatic carbocycles. The smallest absolute Gasteiger partial charge is 0.279 e. The van der Waals surface area contributed by atoms with Crippen molar-refractivity contribution < 1.29 is 9.53 Å². The quantitative estimate of drug-likeness (QED) is 0.495. The molecule has 0 aliphatic carbocycles. The Balaban J connectivity index is 1.78. The van der Waals surface area contributed by atoms with Crippen LogP contribution in [0.25, 0.3) is 26.7 Å². The molecule has 1 aliphatic rings. The number of aromatic nitrogens is 2. The van der Waals surface area contributed by atoms with Crippen LogP contribution in [-0.4, -0.2) is 45.7 Å². The number of fused-ring (bicyclic) bond motifs is 3. The Morgan fingerprint density at radius 3 is 2.60 bits per heavy atom. The van der Waals surface area contributed by atoms with Gasteiger partial charge >= 0.3 is 0 Å². The van der Waals surface area contributed by atoms with Crippen molar-refractivity contribution in [3.05, 3.63) is 70.0 Å². The van der Waals surface area contributed by atoms with Crippen molar-refractivity contribution in [2.24, 2.45) is 0 Å². The van der Waals surface area contributed by atoms with Gasteiger partial charge in [-0.25, -0.2) is 0 Å². The second kappa shape index (κ2) is 7.34. The zero-order chi connectivity index (χ0) is 20.8. The highest BCUT2D eigenvalue weighted by Gasteiger charge is 2.29. The maximum absolute atomic E-state index is 13.7. The molecule has 6 nitrogen and oxygen atoms in total. The molecule has 152 valence electrons.